The first-order chi connectivity index (χ1) is 9.16. The highest BCUT2D eigenvalue weighted by molar-refractivity contribution is 7.09. The zero-order chi connectivity index (χ0) is 13.7. The largest absolute Gasteiger partial charge is 0.399 e. The van der Waals surface area contributed by atoms with Crippen LogP contribution in [0, 0.1) is 0 Å². The van der Waals surface area contributed by atoms with E-state index >= 15 is 0 Å². The summed E-state index contributed by atoms with van der Waals surface area (Å²) >= 11 is 1.60. The van der Waals surface area contributed by atoms with Gasteiger partial charge in [0, 0.05) is 30.2 Å². The lowest BCUT2D eigenvalue weighted by Crippen LogP contribution is -2.29. The van der Waals surface area contributed by atoms with Crippen LogP contribution in [-0.4, -0.2) is 17.4 Å². The molecule has 1 amide bonds. The van der Waals surface area contributed by atoms with E-state index in [1.54, 1.807) is 17.5 Å². The zero-order valence-electron chi connectivity index (χ0n) is 10.8. The maximum absolute atomic E-state index is 12.0. The molecule has 0 aliphatic heterocycles. The number of benzene rings is 1. The molecule has 1 unspecified atom stereocenters. The molecule has 2 rings (SSSR count). The van der Waals surface area contributed by atoms with Crippen LogP contribution in [0.3, 0.4) is 0 Å². The van der Waals surface area contributed by atoms with Crippen LogP contribution >= 0.6 is 11.3 Å². The fourth-order valence-electron chi connectivity index (χ4n) is 1.80. The minimum atomic E-state index is -0.195. The van der Waals surface area contributed by atoms with Gasteiger partial charge in [0.05, 0.1) is 10.9 Å². The molecule has 0 spiro atoms. The van der Waals surface area contributed by atoms with Crippen molar-refractivity contribution in [3.63, 3.8) is 0 Å². The Morgan fingerprint density at radius 2 is 2.37 bits per heavy atom. The lowest BCUT2D eigenvalue weighted by molar-refractivity contribution is -0.122. The highest BCUT2D eigenvalue weighted by Gasteiger charge is 2.14. The second-order valence-electron chi connectivity index (χ2n) is 4.36. The molecular formula is C14H17N3OS. The van der Waals surface area contributed by atoms with E-state index in [1.807, 2.05) is 36.6 Å². The van der Waals surface area contributed by atoms with Gasteiger partial charge in [-0.1, -0.05) is 12.1 Å². The third kappa shape index (κ3) is 3.79. The van der Waals surface area contributed by atoms with Crippen molar-refractivity contribution >= 4 is 22.9 Å². The number of hydrogen-bond donors (Lipinski definition) is 2. The number of nitrogen functional groups attached to an aromatic ring is 1. The van der Waals surface area contributed by atoms with Crippen LogP contribution in [0.5, 0.6) is 0 Å². The summed E-state index contributed by atoms with van der Waals surface area (Å²) in [4.78, 5) is 16.2. The first-order valence-electron chi connectivity index (χ1n) is 6.18. The van der Waals surface area contributed by atoms with E-state index < -0.39 is 0 Å². The Hall–Kier alpha value is -1.88. The number of thiazole rings is 1. The molecule has 3 N–H and O–H groups in total. The van der Waals surface area contributed by atoms with Gasteiger partial charge in [-0.2, -0.15) is 0 Å². The van der Waals surface area contributed by atoms with Crippen molar-refractivity contribution in [1.82, 2.24) is 10.3 Å². The number of amides is 1. The van der Waals surface area contributed by atoms with Crippen molar-refractivity contribution in [3.05, 3.63) is 46.4 Å². The molecule has 0 fully saturated rings. The van der Waals surface area contributed by atoms with Gasteiger partial charge in [0.15, 0.2) is 0 Å². The number of anilines is 1. The van der Waals surface area contributed by atoms with Crippen LogP contribution < -0.4 is 11.1 Å². The van der Waals surface area contributed by atoms with Gasteiger partial charge >= 0.3 is 0 Å². The van der Waals surface area contributed by atoms with Crippen molar-refractivity contribution in [2.75, 3.05) is 12.3 Å². The number of nitrogens with two attached hydrogens (primary N) is 1. The Labute approximate surface area is 116 Å². The smallest absolute Gasteiger partial charge is 0.227 e. The average molecular weight is 275 g/mol. The number of aromatic nitrogens is 1. The first-order valence-corrected chi connectivity index (χ1v) is 7.06. The van der Waals surface area contributed by atoms with E-state index in [0.29, 0.717) is 12.2 Å². The van der Waals surface area contributed by atoms with Gasteiger partial charge in [-0.25, -0.2) is 4.98 Å². The summed E-state index contributed by atoms with van der Waals surface area (Å²) in [6.45, 7) is 2.49. The molecule has 2 aromatic rings. The fraction of sp³-hybridized carbons (Fsp3) is 0.286. The fourth-order valence-corrected chi connectivity index (χ4v) is 2.42. The topological polar surface area (TPSA) is 68.0 Å². The van der Waals surface area contributed by atoms with Crippen molar-refractivity contribution in [2.24, 2.45) is 0 Å². The normalized spacial score (nSPS) is 12.1. The van der Waals surface area contributed by atoms with E-state index in [0.717, 1.165) is 17.0 Å². The maximum atomic E-state index is 12.0. The molecule has 0 aliphatic rings. The van der Waals surface area contributed by atoms with Gasteiger partial charge in [-0.15, -0.1) is 11.3 Å². The second-order valence-corrected chi connectivity index (χ2v) is 5.34. The minimum Gasteiger partial charge on any atom is -0.399 e. The van der Waals surface area contributed by atoms with Crippen molar-refractivity contribution in [1.29, 1.82) is 0 Å². The van der Waals surface area contributed by atoms with Crippen LogP contribution in [0.15, 0.2) is 35.8 Å². The molecule has 5 heteroatoms. The van der Waals surface area contributed by atoms with E-state index in [9.17, 15) is 4.79 Å². The Bertz CT molecular complexity index is 539. The van der Waals surface area contributed by atoms with Crippen LogP contribution in [0.25, 0.3) is 0 Å². The molecule has 0 aliphatic carbocycles. The van der Waals surface area contributed by atoms with E-state index in [4.69, 9.17) is 5.73 Å². The van der Waals surface area contributed by atoms with Crippen molar-refractivity contribution < 1.29 is 4.79 Å². The van der Waals surface area contributed by atoms with Crippen LogP contribution in [0.2, 0.25) is 0 Å². The van der Waals surface area contributed by atoms with Gasteiger partial charge in [-0.3, -0.25) is 4.79 Å². The summed E-state index contributed by atoms with van der Waals surface area (Å²) < 4.78 is 0. The number of rotatable bonds is 5. The lowest BCUT2D eigenvalue weighted by Gasteiger charge is -2.12. The number of carbonyl (C=O) groups is 1. The van der Waals surface area contributed by atoms with Crippen LogP contribution in [0.4, 0.5) is 5.69 Å². The molecular weight excluding hydrogens is 258 g/mol. The third-order valence-corrected chi connectivity index (χ3v) is 3.76. The Balaban J connectivity index is 1.85. The number of nitrogens with one attached hydrogen (secondary N) is 1. The van der Waals surface area contributed by atoms with Crippen LogP contribution in [-0.2, 0) is 11.2 Å². The quantitative estimate of drug-likeness (QED) is 0.822. The monoisotopic (exact) mass is 275 g/mol. The van der Waals surface area contributed by atoms with E-state index in [2.05, 4.69) is 10.3 Å². The number of hydrogen-bond acceptors (Lipinski definition) is 4. The second kappa shape index (κ2) is 6.33. The molecule has 1 atom stereocenters. The van der Waals surface area contributed by atoms with E-state index in [-0.39, 0.29) is 11.8 Å². The first kappa shape index (κ1) is 13.5. The number of nitrogens with zero attached hydrogens (tertiary/aromatic N) is 1. The predicted molar refractivity (Wildman–Crippen MR) is 78.1 cm³/mol. The zero-order valence-corrected chi connectivity index (χ0v) is 11.6. The van der Waals surface area contributed by atoms with Gasteiger partial charge in [0.1, 0.15) is 0 Å². The summed E-state index contributed by atoms with van der Waals surface area (Å²) in [7, 11) is 0. The highest BCUT2D eigenvalue weighted by atomic mass is 32.1. The molecule has 100 valence electrons. The van der Waals surface area contributed by atoms with Crippen molar-refractivity contribution in [2.45, 2.75) is 19.3 Å². The summed E-state index contributed by atoms with van der Waals surface area (Å²) in [6, 6.07) is 7.44. The van der Waals surface area contributed by atoms with Gasteiger partial charge < -0.3 is 11.1 Å². The molecule has 0 radical (unpaired) electrons. The van der Waals surface area contributed by atoms with Gasteiger partial charge in [0.25, 0.3) is 0 Å². The molecule has 1 aromatic carbocycles. The molecule has 19 heavy (non-hydrogen) atoms. The molecule has 1 aromatic heterocycles. The Kier molecular flexibility index (Phi) is 4.52. The summed E-state index contributed by atoms with van der Waals surface area (Å²) in [5.74, 6) is -0.179. The molecule has 0 bridgehead atoms. The van der Waals surface area contributed by atoms with Gasteiger partial charge in [0.2, 0.25) is 5.91 Å². The molecule has 0 saturated carbocycles. The van der Waals surface area contributed by atoms with Gasteiger partial charge in [-0.05, 0) is 24.6 Å². The summed E-state index contributed by atoms with van der Waals surface area (Å²) in [5.41, 5.74) is 7.34. The standard InChI is InChI=1S/C14H17N3OS/c1-10(11-3-2-4-12(15)9-11)14(18)17-6-5-13-16-7-8-19-13/h2-4,7-10H,5-6,15H2,1H3,(H,17,18). The van der Waals surface area contributed by atoms with Crippen molar-refractivity contribution in [3.8, 4) is 0 Å². The Morgan fingerprint density at radius 1 is 1.53 bits per heavy atom. The summed E-state index contributed by atoms with van der Waals surface area (Å²) in [6.07, 6.45) is 2.55. The minimum absolute atomic E-state index is 0.0159. The third-order valence-electron chi connectivity index (χ3n) is 2.93. The number of carbonyl (C=O) groups excluding carboxylic acids is 1. The predicted octanol–water partition coefficient (Wildman–Crippen LogP) is 2.19. The highest BCUT2D eigenvalue weighted by Crippen LogP contribution is 2.17. The lowest BCUT2D eigenvalue weighted by atomic mass is 10.00. The molecule has 0 saturated heterocycles. The SMILES string of the molecule is CC(C(=O)NCCc1nccs1)c1cccc(N)c1. The summed E-state index contributed by atoms with van der Waals surface area (Å²) in [5, 5.41) is 5.90. The van der Waals surface area contributed by atoms with Crippen LogP contribution in [0.1, 0.15) is 23.4 Å². The molecule has 1 heterocycles. The average Bonchev–Trinajstić information content (AvgIpc) is 2.91. The maximum Gasteiger partial charge on any atom is 0.227 e. The molecule has 4 nitrogen and oxygen atoms in total. The Morgan fingerprint density at radius 3 is 3.05 bits per heavy atom. The van der Waals surface area contributed by atoms with E-state index in [1.165, 1.54) is 0 Å².